The summed E-state index contributed by atoms with van der Waals surface area (Å²) in [6.45, 7) is 1.91. The standard InChI is InChI=1S/C5H10N4O/c1-3-7-5(9-8-3)4(10)2-6/h4,10H,2,6H2,1H3,(H,7,8,9)/t4-/m0/s1. The largest absolute Gasteiger partial charge is 0.384 e. The second-order valence-electron chi connectivity index (χ2n) is 2.03. The first-order chi connectivity index (χ1) is 4.74. The van der Waals surface area contributed by atoms with Crippen molar-refractivity contribution in [2.45, 2.75) is 13.0 Å². The summed E-state index contributed by atoms with van der Waals surface area (Å²) in [5, 5.41) is 15.4. The van der Waals surface area contributed by atoms with Crippen LogP contribution < -0.4 is 5.73 Å². The smallest absolute Gasteiger partial charge is 0.180 e. The fourth-order valence-corrected chi connectivity index (χ4v) is 0.614. The van der Waals surface area contributed by atoms with Crippen LogP contribution in [0.25, 0.3) is 0 Å². The topological polar surface area (TPSA) is 87.8 Å². The van der Waals surface area contributed by atoms with Crippen molar-refractivity contribution in [3.05, 3.63) is 11.6 Å². The zero-order valence-electron chi connectivity index (χ0n) is 5.70. The lowest BCUT2D eigenvalue weighted by Gasteiger charge is -1.98. The van der Waals surface area contributed by atoms with E-state index in [1.54, 1.807) is 6.92 Å². The second-order valence-corrected chi connectivity index (χ2v) is 2.03. The summed E-state index contributed by atoms with van der Waals surface area (Å²) in [5.74, 6) is 1.04. The second kappa shape index (κ2) is 2.76. The Morgan fingerprint density at radius 3 is 2.90 bits per heavy atom. The van der Waals surface area contributed by atoms with Gasteiger partial charge in [-0.3, -0.25) is 5.10 Å². The van der Waals surface area contributed by atoms with Gasteiger partial charge in [0, 0.05) is 6.54 Å². The van der Waals surface area contributed by atoms with Gasteiger partial charge in [0.2, 0.25) is 0 Å². The summed E-state index contributed by atoms with van der Waals surface area (Å²) in [7, 11) is 0. The lowest BCUT2D eigenvalue weighted by molar-refractivity contribution is 0.177. The van der Waals surface area contributed by atoms with Gasteiger partial charge in [-0.05, 0) is 6.92 Å². The molecule has 0 aliphatic rings. The van der Waals surface area contributed by atoms with Gasteiger partial charge >= 0.3 is 0 Å². The number of aromatic nitrogens is 3. The number of hydrogen-bond acceptors (Lipinski definition) is 4. The first-order valence-electron chi connectivity index (χ1n) is 3.01. The SMILES string of the molecule is Cc1nc([C@@H](O)CN)n[nH]1. The molecule has 1 atom stereocenters. The molecule has 1 aromatic heterocycles. The number of nitrogens with two attached hydrogens (primary N) is 1. The fraction of sp³-hybridized carbons (Fsp3) is 0.600. The van der Waals surface area contributed by atoms with E-state index in [1.807, 2.05) is 0 Å². The van der Waals surface area contributed by atoms with Crippen molar-refractivity contribution in [1.82, 2.24) is 15.2 Å². The number of aryl methyl sites for hydroxylation is 1. The molecular weight excluding hydrogens is 132 g/mol. The number of hydrogen-bond donors (Lipinski definition) is 3. The van der Waals surface area contributed by atoms with Crippen LogP contribution in [0.1, 0.15) is 17.8 Å². The highest BCUT2D eigenvalue weighted by molar-refractivity contribution is 4.91. The molecule has 5 heteroatoms. The zero-order valence-corrected chi connectivity index (χ0v) is 5.70. The van der Waals surface area contributed by atoms with Crippen molar-refractivity contribution >= 4 is 0 Å². The molecule has 0 saturated heterocycles. The summed E-state index contributed by atoms with van der Waals surface area (Å²) in [6.07, 6.45) is -0.745. The van der Waals surface area contributed by atoms with Crippen LogP contribution >= 0.6 is 0 Å². The molecule has 1 rings (SSSR count). The molecule has 0 saturated carbocycles. The van der Waals surface area contributed by atoms with Gasteiger partial charge in [0.05, 0.1) is 0 Å². The molecule has 0 aliphatic carbocycles. The van der Waals surface area contributed by atoms with Gasteiger partial charge < -0.3 is 10.8 Å². The van der Waals surface area contributed by atoms with Gasteiger partial charge in [-0.2, -0.15) is 5.10 Å². The molecular formula is C5H10N4O. The normalized spacial score (nSPS) is 13.5. The van der Waals surface area contributed by atoms with Gasteiger partial charge in [0.15, 0.2) is 5.82 Å². The van der Waals surface area contributed by atoms with Gasteiger partial charge in [-0.1, -0.05) is 0 Å². The van der Waals surface area contributed by atoms with Crippen LogP contribution in [0, 0.1) is 6.92 Å². The summed E-state index contributed by atoms with van der Waals surface area (Å²) in [6, 6.07) is 0. The van der Waals surface area contributed by atoms with E-state index in [0.717, 1.165) is 0 Å². The molecule has 0 radical (unpaired) electrons. The number of nitrogens with zero attached hydrogens (tertiary/aromatic N) is 2. The van der Waals surface area contributed by atoms with Crippen molar-refractivity contribution in [2.24, 2.45) is 5.73 Å². The van der Waals surface area contributed by atoms with E-state index >= 15 is 0 Å². The monoisotopic (exact) mass is 142 g/mol. The molecule has 0 unspecified atom stereocenters. The van der Waals surface area contributed by atoms with E-state index in [0.29, 0.717) is 11.6 Å². The molecule has 0 aromatic carbocycles. The Balaban J connectivity index is 2.74. The zero-order chi connectivity index (χ0) is 7.56. The molecule has 0 spiro atoms. The molecule has 0 amide bonds. The van der Waals surface area contributed by atoms with Crippen molar-refractivity contribution < 1.29 is 5.11 Å². The van der Waals surface area contributed by atoms with Crippen LogP contribution in [0.2, 0.25) is 0 Å². The lowest BCUT2D eigenvalue weighted by Crippen LogP contribution is -2.12. The predicted octanol–water partition coefficient (Wildman–Crippen LogP) is -0.895. The molecule has 10 heavy (non-hydrogen) atoms. The quantitative estimate of drug-likeness (QED) is 0.499. The van der Waals surface area contributed by atoms with Gasteiger partial charge in [0.1, 0.15) is 11.9 Å². The summed E-state index contributed by atoms with van der Waals surface area (Å²) in [4.78, 5) is 3.88. The number of nitrogens with one attached hydrogen (secondary N) is 1. The molecule has 1 aromatic rings. The number of aromatic amines is 1. The first kappa shape index (κ1) is 7.17. The first-order valence-corrected chi connectivity index (χ1v) is 3.01. The average Bonchev–Trinajstić information content (AvgIpc) is 2.34. The Labute approximate surface area is 58.3 Å². The number of H-pyrrole nitrogens is 1. The van der Waals surface area contributed by atoms with Gasteiger partial charge in [-0.25, -0.2) is 4.98 Å². The van der Waals surface area contributed by atoms with E-state index in [4.69, 9.17) is 10.8 Å². The van der Waals surface area contributed by atoms with E-state index < -0.39 is 6.10 Å². The Morgan fingerprint density at radius 2 is 2.50 bits per heavy atom. The third-order valence-electron chi connectivity index (χ3n) is 1.14. The van der Waals surface area contributed by atoms with Crippen LogP contribution in [-0.2, 0) is 0 Å². The van der Waals surface area contributed by atoms with E-state index in [1.165, 1.54) is 0 Å². The van der Waals surface area contributed by atoms with Crippen molar-refractivity contribution in [3.8, 4) is 0 Å². The fourth-order valence-electron chi connectivity index (χ4n) is 0.614. The maximum atomic E-state index is 9.07. The maximum Gasteiger partial charge on any atom is 0.180 e. The number of aliphatic hydroxyl groups is 1. The minimum Gasteiger partial charge on any atom is -0.384 e. The molecule has 0 fully saturated rings. The minimum absolute atomic E-state index is 0.150. The van der Waals surface area contributed by atoms with Gasteiger partial charge in [-0.15, -0.1) is 0 Å². The highest BCUT2D eigenvalue weighted by Gasteiger charge is 2.08. The van der Waals surface area contributed by atoms with Crippen molar-refractivity contribution in [3.63, 3.8) is 0 Å². The van der Waals surface area contributed by atoms with Crippen LogP contribution in [0.3, 0.4) is 0 Å². The lowest BCUT2D eigenvalue weighted by atomic mass is 10.3. The number of rotatable bonds is 2. The van der Waals surface area contributed by atoms with Crippen LogP contribution in [0.15, 0.2) is 0 Å². The summed E-state index contributed by atoms with van der Waals surface area (Å²) < 4.78 is 0. The molecule has 1 heterocycles. The summed E-state index contributed by atoms with van der Waals surface area (Å²) >= 11 is 0. The van der Waals surface area contributed by atoms with Gasteiger partial charge in [0.25, 0.3) is 0 Å². The molecule has 0 aliphatic heterocycles. The van der Waals surface area contributed by atoms with E-state index in [2.05, 4.69) is 15.2 Å². The third-order valence-corrected chi connectivity index (χ3v) is 1.14. The Morgan fingerprint density at radius 1 is 1.80 bits per heavy atom. The van der Waals surface area contributed by atoms with Crippen LogP contribution in [0.5, 0.6) is 0 Å². The van der Waals surface area contributed by atoms with E-state index in [-0.39, 0.29) is 6.54 Å². The molecule has 56 valence electrons. The highest BCUT2D eigenvalue weighted by Crippen LogP contribution is 2.02. The van der Waals surface area contributed by atoms with E-state index in [9.17, 15) is 0 Å². The molecule has 0 bridgehead atoms. The van der Waals surface area contributed by atoms with Crippen LogP contribution in [0.4, 0.5) is 0 Å². The summed E-state index contributed by atoms with van der Waals surface area (Å²) in [5.41, 5.74) is 5.17. The maximum absolute atomic E-state index is 9.07. The predicted molar refractivity (Wildman–Crippen MR) is 35.1 cm³/mol. The molecule has 4 N–H and O–H groups in total. The highest BCUT2D eigenvalue weighted by atomic mass is 16.3. The minimum atomic E-state index is -0.745. The Hall–Kier alpha value is -0.940. The van der Waals surface area contributed by atoms with Crippen molar-refractivity contribution in [1.29, 1.82) is 0 Å². The van der Waals surface area contributed by atoms with Crippen LogP contribution in [-0.4, -0.2) is 26.8 Å². The Kier molecular flexibility index (Phi) is 1.98. The van der Waals surface area contributed by atoms with Crippen molar-refractivity contribution in [2.75, 3.05) is 6.54 Å². The molecule has 5 nitrogen and oxygen atoms in total. The third kappa shape index (κ3) is 1.31. The number of aliphatic hydroxyl groups excluding tert-OH is 1. The average molecular weight is 142 g/mol. The Bertz CT molecular complexity index is 209.